The number of rotatable bonds is 2. The Morgan fingerprint density at radius 2 is 1.26 bits per heavy atom. The Hall–Kier alpha value is -4.50. The minimum absolute atomic E-state index is 0.220. The second-order valence-electron chi connectivity index (χ2n) is 8.61. The van der Waals surface area contributed by atoms with Gasteiger partial charge in [0.1, 0.15) is 23.3 Å². The van der Waals surface area contributed by atoms with Crippen molar-refractivity contribution in [2.24, 2.45) is 0 Å². The van der Waals surface area contributed by atoms with Gasteiger partial charge in [-0.05, 0) is 61.0 Å². The first kappa shape index (κ1) is 27.5. The number of aromatic nitrogens is 4. The molecule has 39 heavy (non-hydrogen) atoms. The van der Waals surface area contributed by atoms with Crippen LogP contribution in [-0.4, -0.2) is 19.9 Å². The number of halogens is 3. The van der Waals surface area contributed by atoms with E-state index in [2.05, 4.69) is 47.2 Å². The summed E-state index contributed by atoms with van der Waals surface area (Å²) < 4.78 is 27.0. The first-order chi connectivity index (χ1) is 18.8. The van der Waals surface area contributed by atoms with Crippen molar-refractivity contribution in [3.63, 3.8) is 0 Å². The third-order valence-electron chi connectivity index (χ3n) is 5.61. The molecule has 6 nitrogen and oxygen atoms in total. The van der Waals surface area contributed by atoms with Gasteiger partial charge in [-0.15, -0.1) is 0 Å². The summed E-state index contributed by atoms with van der Waals surface area (Å²) in [5, 5.41) is 7.63. The minimum Gasteiger partial charge on any atom is -0.384 e. The van der Waals surface area contributed by atoms with Gasteiger partial charge < -0.3 is 11.1 Å². The summed E-state index contributed by atoms with van der Waals surface area (Å²) in [4.78, 5) is 15.9. The van der Waals surface area contributed by atoms with Crippen LogP contribution in [0.15, 0.2) is 102 Å². The summed E-state index contributed by atoms with van der Waals surface area (Å²) in [6.07, 6.45) is 10.1. The number of nitrogens with two attached hydrogens (primary N) is 1. The van der Waals surface area contributed by atoms with E-state index in [1.807, 2.05) is 54.9 Å². The van der Waals surface area contributed by atoms with Crippen LogP contribution < -0.4 is 11.1 Å². The van der Waals surface area contributed by atoms with E-state index in [1.165, 1.54) is 35.3 Å². The Labute approximate surface area is 233 Å². The summed E-state index contributed by atoms with van der Waals surface area (Å²) in [7, 11) is 0. The number of aryl methyl sites for hydroxylation is 2. The lowest BCUT2D eigenvalue weighted by atomic mass is 10.1. The predicted octanol–water partition coefficient (Wildman–Crippen LogP) is 7.93. The molecule has 0 atom stereocenters. The average Bonchev–Trinajstić information content (AvgIpc) is 2.93. The summed E-state index contributed by atoms with van der Waals surface area (Å²) in [5.41, 5.74) is 7.10. The van der Waals surface area contributed by atoms with Gasteiger partial charge >= 0.3 is 0 Å². The number of hydrogen-bond donors (Lipinski definition) is 2. The fourth-order valence-corrected chi connectivity index (χ4v) is 3.82. The van der Waals surface area contributed by atoms with Crippen molar-refractivity contribution in [1.29, 1.82) is 0 Å². The molecule has 0 saturated carbocycles. The van der Waals surface area contributed by atoms with Crippen molar-refractivity contribution in [1.82, 2.24) is 19.9 Å². The summed E-state index contributed by atoms with van der Waals surface area (Å²) in [5.74, 6) is 0.152. The van der Waals surface area contributed by atoms with Crippen LogP contribution in [0.1, 0.15) is 11.1 Å². The first-order valence-corrected chi connectivity index (χ1v) is 12.7. The van der Waals surface area contributed by atoms with Crippen LogP contribution in [0.2, 0.25) is 0 Å². The quantitative estimate of drug-likeness (QED) is 0.214. The maximum Gasteiger partial charge on any atom is 0.133 e. The normalized spacial score (nSPS) is 10.3. The van der Waals surface area contributed by atoms with Crippen LogP contribution in [0.4, 0.5) is 26.1 Å². The van der Waals surface area contributed by atoms with Gasteiger partial charge in [-0.25, -0.2) is 18.7 Å². The Morgan fingerprint density at radius 3 is 1.87 bits per heavy atom. The highest BCUT2D eigenvalue weighted by molar-refractivity contribution is 9.10. The van der Waals surface area contributed by atoms with Gasteiger partial charge in [0, 0.05) is 81.4 Å². The molecule has 3 N–H and O–H groups in total. The fourth-order valence-electron chi connectivity index (χ4n) is 3.44. The number of fused-ring (bicyclic) bond motifs is 2. The molecule has 0 radical (unpaired) electrons. The van der Waals surface area contributed by atoms with E-state index in [4.69, 9.17) is 5.73 Å². The Morgan fingerprint density at radius 1 is 0.667 bits per heavy atom. The third kappa shape index (κ3) is 7.75. The molecule has 0 amide bonds. The molecule has 6 rings (SSSR count). The average molecular weight is 587 g/mol. The number of nitrogens with one attached hydrogen (secondary N) is 1. The van der Waals surface area contributed by atoms with E-state index in [-0.39, 0.29) is 17.5 Å². The molecule has 0 aliphatic heterocycles. The number of pyridine rings is 4. The molecule has 0 unspecified atom stereocenters. The number of anilines is 3. The van der Waals surface area contributed by atoms with Gasteiger partial charge in [-0.1, -0.05) is 28.1 Å². The number of benzene rings is 2. The van der Waals surface area contributed by atoms with Crippen molar-refractivity contribution in [2.75, 3.05) is 11.1 Å². The lowest BCUT2D eigenvalue weighted by Gasteiger charge is -2.07. The summed E-state index contributed by atoms with van der Waals surface area (Å²) in [6.45, 7) is 3.33. The van der Waals surface area contributed by atoms with Crippen molar-refractivity contribution in [2.45, 2.75) is 13.8 Å². The molecule has 6 aromatic rings. The molecule has 4 heterocycles. The molecular weight excluding hydrogens is 562 g/mol. The van der Waals surface area contributed by atoms with Crippen LogP contribution in [-0.2, 0) is 0 Å². The highest BCUT2D eigenvalue weighted by Crippen LogP contribution is 2.22. The molecule has 0 saturated heterocycles. The van der Waals surface area contributed by atoms with Crippen molar-refractivity contribution in [3.05, 3.63) is 125 Å². The lowest BCUT2D eigenvalue weighted by Crippen LogP contribution is -1.95. The van der Waals surface area contributed by atoms with Crippen molar-refractivity contribution >= 4 is 54.8 Å². The van der Waals surface area contributed by atoms with Gasteiger partial charge in [0.15, 0.2) is 0 Å². The van der Waals surface area contributed by atoms with E-state index in [1.54, 1.807) is 26.2 Å². The van der Waals surface area contributed by atoms with Gasteiger partial charge in [-0.3, -0.25) is 9.97 Å². The molecule has 2 aromatic carbocycles. The van der Waals surface area contributed by atoms with E-state index in [0.29, 0.717) is 16.9 Å². The van der Waals surface area contributed by atoms with E-state index in [9.17, 15) is 8.78 Å². The van der Waals surface area contributed by atoms with Gasteiger partial charge in [0.2, 0.25) is 0 Å². The molecule has 0 spiro atoms. The Bertz CT molecular complexity index is 1730. The minimum atomic E-state index is -0.303. The van der Waals surface area contributed by atoms with E-state index < -0.39 is 0 Å². The van der Waals surface area contributed by atoms with E-state index in [0.717, 1.165) is 20.9 Å². The van der Waals surface area contributed by atoms with Crippen LogP contribution >= 0.6 is 15.9 Å². The lowest BCUT2D eigenvalue weighted by molar-refractivity contribution is 0.616. The molecule has 0 aliphatic carbocycles. The first-order valence-electron chi connectivity index (χ1n) is 11.9. The van der Waals surface area contributed by atoms with E-state index >= 15 is 0 Å². The third-order valence-corrected chi connectivity index (χ3v) is 6.10. The maximum atomic E-state index is 13.4. The molecular formula is C30H25BrF2N6. The zero-order chi connectivity index (χ0) is 27.8. The monoisotopic (exact) mass is 586 g/mol. The zero-order valence-corrected chi connectivity index (χ0v) is 22.8. The summed E-state index contributed by atoms with van der Waals surface area (Å²) in [6, 6.07) is 18.5. The second-order valence-corrected chi connectivity index (χ2v) is 9.52. The SMILES string of the molecule is Brc1ccc2cnccc2c1.Cc1cnc(N)cc1F.Cc1cnc(Nc2ccc3cnccc3c2)cc1F. The number of hydrogen-bond acceptors (Lipinski definition) is 6. The molecule has 0 aliphatic rings. The molecule has 4 aromatic heterocycles. The largest absolute Gasteiger partial charge is 0.384 e. The Kier molecular flexibility index (Phi) is 9.06. The van der Waals surface area contributed by atoms with Crippen LogP contribution in [0.25, 0.3) is 21.5 Å². The smallest absolute Gasteiger partial charge is 0.133 e. The molecule has 9 heteroatoms. The van der Waals surface area contributed by atoms with Crippen LogP contribution in [0.5, 0.6) is 0 Å². The van der Waals surface area contributed by atoms with Gasteiger partial charge in [0.05, 0.1) is 0 Å². The highest BCUT2D eigenvalue weighted by atomic mass is 79.9. The maximum absolute atomic E-state index is 13.4. The van der Waals surface area contributed by atoms with Crippen LogP contribution in [0, 0.1) is 25.5 Å². The molecule has 0 bridgehead atoms. The molecule has 0 fully saturated rings. The predicted molar refractivity (Wildman–Crippen MR) is 157 cm³/mol. The second kappa shape index (κ2) is 12.8. The Balaban J connectivity index is 0.000000149. The fraction of sp³-hybridized carbons (Fsp3) is 0.0667. The highest BCUT2D eigenvalue weighted by Gasteiger charge is 2.02. The van der Waals surface area contributed by atoms with Crippen molar-refractivity contribution < 1.29 is 8.78 Å². The van der Waals surface area contributed by atoms with Crippen molar-refractivity contribution in [3.8, 4) is 0 Å². The number of nitrogen functional groups attached to an aromatic ring is 1. The standard InChI is InChI=1S/C15H12FN3.C9H6BrN.C6H7FN2/c1-10-8-18-15(7-14(10)16)19-13-3-2-12-9-17-5-4-11(12)6-13;10-9-2-1-8-6-11-4-3-7(8)5-9;1-4-3-9-6(8)2-5(4)7/h2-9H,1H3,(H,18,19);1-6H;2-3H,1H3,(H2,8,9). The topological polar surface area (TPSA) is 89.6 Å². The summed E-state index contributed by atoms with van der Waals surface area (Å²) >= 11 is 3.41. The van der Waals surface area contributed by atoms with Gasteiger partial charge in [0.25, 0.3) is 0 Å². The zero-order valence-electron chi connectivity index (χ0n) is 21.2. The van der Waals surface area contributed by atoms with Crippen LogP contribution in [0.3, 0.4) is 0 Å². The van der Waals surface area contributed by atoms with Gasteiger partial charge in [-0.2, -0.15) is 0 Å². The molecule has 196 valence electrons. The number of nitrogens with zero attached hydrogens (tertiary/aromatic N) is 4.